The second-order valence-electron chi connectivity index (χ2n) is 5.77. The maximum Gasteiger partial charge on any atom is 0.261 e. The van der Waals surface area contributed by atoms with Gasteiger partial charge in [0.15, 0.2) is 0 Å². The number of hydrogen-bond donors (Lipinski definition) is 0. The fraction of sp³-hybridized carbons (Fsp3) is 0.438. The van der Waals surface area contributed by atoms with Gasteiger partial charge in [0.2, 0.25) is 5.91 Å². The van der Waals surface area contributed by atoms with Crippen molar-refractivity contribution in [3.05, 3.63) is 39.4 Å². The van der Waals surface area contributed by atoms with Crippen LogP contribution in [0.25, 0.3) is 10.9 Å². The Kier molecular flexibility index (Phi) is 4.29. The number of hydrogen-bond acceptors (Lipinski definition) is 3. The topological polar surface area (TPSA) is 55.2 Å². The molecule has 1 atom stereocenters. The van der Waals surface area contributed by atoms with E-state index in [4.69, 9.17) is 0 Å². The van der Waals surface area contributed by atoms with Crippen LogP contribution in [0.3, 0.4) is 0 Å². The second-order valence-corrected chi connectivity index (χ2v) is 6.69. The normalized spacial score (nSPS) is 18.6. The third kappa shape index (κ3) is 2.92. The number of carbonyl (C=O) groups is 1. The molecule has 0 aliphatic carbocycles. The van der Waals surface area contributed by atoms with Gasteiger partial charge in [0.1, 0.15) is 6.54 Å². The molecule has 0 radical (unpaired) electrons. The largest absolute Gasteiger partial charge is 0.338 e. The van der Waals surface area contributed by atoms with E-state index in [1.165, 1.54) is 10.9 Å². The van der Waals surface area contributed by atoms with Crippen molar-refractivity contribution in [2.45, 2.75) is 38.8 Å². The summed E-state index contributed by atoms with van der Waals surface area (Å²) >= 11 is 3.36. The quantitative estimate of drug-likeness (QED) is 0.823. The number of halogens is 1. The summed E-state index contributed by atoms with van der Waals surface area (Å²) in [6.07, 6.45) is 4.69. The molecule has 0 spiro atoms. The first-order valence-corrected chi connectivity index (χ1v) is 8.30. The van der Waals surface area contributed by atoms with E-state index >= 15 is 0 Å². The zero-order chi connectivity index (χ0) is 15.7. The van der Waals surface area contributed by atoms with E-state index in [0.717, 1.165) is 30.3 Å². The van der Waals surface area contributed by atoms with Gasteiger partial charge in [0.05, 0.1) is 17.2 Å². The Hall–Kier alpha value is -1.69. The van der Waals surface area contributed by atoms with Crippen molar-refractivity contribution >= 4 is 32.7 Å². The van der Waals surface area contributed by atoms with E-state index in [9.17, 15) is 9.59 Å². The zero-order valence-corrected chi connectivity index (χ0v) is 14.0. The first kappa shape index (κ1) is 15.2. The third-order valence-corrected chi connectivity index (χ3v) is 4.71. The van der Waals surface area contributed by atoms with Crippen molar-refractivity contribution < 1.29 is 4.79 Å². The number of piperidine rings is 1. The molecule has 1 amide bonds. The summed E-state index contributed by atoms with van der Waals surface area (Å²) in [4.78, 5) is 31.1. The lowest BCUT2D eigenvalue weighted by molar-refractivity contribution is -0.135. The van der Waals surface area contributed by atoms with Gasteiger partial charge in [-0.15, -0.1) is 0 Å². The molecule has 116 valence electrons. The standard InChI is InChI=1S/C16H18BrN3O2/c1-11-4-2-3-7-20(11)15(21)9-19-10-18-14-6-5-12(17)8-13(14)16(19)22/h5-6,8,10-11H,2-4,7,9H2,1H3/t11-/m0/s1. The van der Waals surface area contributed by atoms with E-state index in [1.807, 2.05) is 11.0 Å². The minimum Gasteiger partial charge on any atom is -0.338 e. The Balaban J connectivity index is 1.89. The van der Waals surface area contributed by atoms with Crippen molar-refractivity contribution in [2.75, 3.05) is 6.54 Å². The van der Waals surface area contributed by atoms with E-state index in [0.29, 0.717) is 10.9 Å². The highest BCUT2D eigenvalue weighted by Gasteiger charge is 2.23. The lowest BCUT2D eigenvalue weighted by Crippen LogP contribution is -2.44. The van der Waals surface area contributed by atoms with Gasteiger partial charge in [-0.3, -0.25) is 14.2 Å². The van der Waals surface area contributed by atoms with E-state index in [1.54, 1.807) is 12.1 Å². The summed E-state index contributed by atoms with van der Waals surface area (Å²) in [6.45, 7) is 2.90. The molecule has 6 heteroatoms. The Morgan fingerprint density at radius 3 is 3.00 bits per heavy atom. The summed E-state index contributed by atoms with van der Waals surface area (Å²) in [5, 5.41) is 0.524. The van der Waals surface area contributed by atoms with Crippen LogP contribution in [0.5, 0.6) is 0 Å². The maximum absolute atomic E-state index is 12.5. The number of benzene rings is 1. The Morgan fingerprint density at radius 1 is 1.41 bits per heavy atom. The smallest absolute Gasteiger partial charge is 0.261 e. The second kappa shape index (κ2) is 6.20. The Morgan fingerprint density at radius 2 is 2.23 bits per heavy atom. The van der Waals surface area contributed by atoms with E-state index < -0.39 is 0 Å². The summed E-state index contributed by atoms with van der Waals surface area (Å²) in [6, 6.07) is 5.63. The summed E-state index contributed by atoms with van der Waals surface area (Å²) in [5.41, 5.74) is 0.465. The zero-order valence-electron chi connectivity index (χ0n) is 12.5. The van der Waals surface area contributed by atoms with Crippen LogP contribution in [-0.4, -0.2) is 32.9 Å². The van der Waals surface area contributed by atoms with Crippen LogP contribution < -0.4 is 5.56 Å². The first-order chi connectivity index (χ1) is 10.6. The van der Waals surface area contributed by atoms with Gasteiger partial charge >= 0.3 is 0 Å². The van der Waals surface area contributed by atoms with Crippen molar-refractivity contribution in [1.82, 2.24) is 14.5 Å². The molecular formula is C16H18BrN3O2. The van der Waals surface area contributed by atoms with Crippen molar-refractivity contribution in [3.8, 4) is 0 Å². The van der Waals surface area contributed by atoms with E-state index in [-0.39, 0.29) is 24.1 Å². The van der Waals surface area contributed by atoms with Crippen molar-refractivity contribution in [1.29, 1.82) is 0 Å². The maximum atomic E-state index is 12.5. The van der Waals surface area contributed by atoms with Gasteiger partial charge in [-0.25, -0.2) is 4.98 Å². The number of amides is 1. The highest BCUT2D eigenvalue weighted by Crippen LogP contribution is 2.17. The summed E-state index contributed by atoms with van der Waals surface area (Å²) in [5.74, 6) is -0.00885. The molecule has 0 bridgehead atoms. The molecule has 1 fully saturated rings. The molecule has 5 nitrogen and oxygen atoms in total. The molecule has 1 aromatic heterocycles. The number of carbonyl (C=O) groups excluding carboxylic acids is 1. The van der Waals surface area contributed by atoms with Gasteiger partial charge < -0.3 is 4.90 Å². The lowest BCUT2D eigenvalue weighted by Gasteiger charge is -2.33. The predicted octanol–water partition coefficient (Wildman–Crippen LogP) is 2.56. The van der Waals surface area contributed by atoms with Crippen LogP contribution in [0.4, 0.5) is 0 Å². The van der Waals surface area contributed by atoms with Crippen LogP contribution in [0, 0.1) is 0 Å². The molecule has 1 saturated heterocycles. The summed E-state index contributed by atoms with van der Waals surface area (Å²) in [7, 11) is 0. The molecule has 3 rings (SSSR count). The lowest BCUT2D eigenvalue weighted by atomic mass is 10.0. The molecule has 0 unspecified atom stereocenters. The Labute approximate surface area is 137 Å². The van der Waals surface area contributed by atoms with Crippen molar-refractivity contribution in [3.63, 3.8) is 0 Å². The minimum atomic E-state index is -0.177. The number of fused-ring (bicyclic) bond motifs is 1. The monoisotopic (exact) mass is 363 g/mol. The molecule has 0 saturated carbocycles. The predicted molar refractivity (Wildman–Crippen MR) is 88.7 cm³/mol. The van der Waals surface area contributed by atoms with Gasteiger partial charge in [0, 0.05) is 17.1 Å². The number of aromatic nitrogens is 2. The fourth-order valence-electron chi connectivity index (χ4n) is 2.95. The van der Waals surface area contributed by atoms with E-state index in [2.05, 4.69) is 27.8 Å². The molecule has 2 heterocycles. The number of likely N-dealkylation sites (tertiary alicyclic amines) is 1. The van der Waals surface area contributed by atoms with Crippen LogP contribution >= 0.6 is 15.9 Å². The average Bonchev–Trinajstić information content (AvgIpc) is 2.51. The van der Waals surface area contributed by atoms with Crippen LogP contribution in [0.2, 0.25) is 0 Å². The van der Waals surface area contributed by atoms with Gasteiger partial charge in [-0.05, 0) is 44.4 Å². The fourth-order valence-corrected chi connectivity index (χ4v) is 3.31. The van der Waals surface area contributed by atoms with Gasteiger partial charge in [0.25, 0.3) is 5.56 Å². The summed E-state index contributed by atoms with van der Waals surface area (Å²) < 4.78 is 2.23. The molecule has 0 N–H and O–H groups in total. The highest BCUT2D eigenvalue weighted by atomic mass is 79.9. The molecule has 1 aliphatic heterocycles. The number of nitrogens with zero attached hydrogens (tertiary/aromatic N) is 3. The van der Waals surface area contributed by atoms with Gasteiger partial charge in [-0.2, -0.15) is 0 Å². The number of rotatable bonds is 2. The molecule has 2 aromatic rings. The average molecular weight is 364 g/mol. The SMILES string of the molecule is C[C@H]1CCCCN1C(=O)Cn1cnc2ccc(Br)cc2c1=O. The van der Waals surface area contributed by atoms with Gasteiger partial charge in [-0.1, -0.05) is 15.9 Å². The van der Waals surface area contributed by atoms with Crippen molar-refractivity contribution in [2.24, 2.45) is 0 Å². The van der Waals surface area contributed by atoms with Crippen LogP contribution in [0.15, 0.2) is 33.8 Å². The van der Waals surface area contributed by atoms with Crippen LogP contribution in [-0.2, 0) is 11.3 Å². The molecular weight excluding hydrogens is 346 g/mol. The highest BCUT2D eigenvalue weighted by molar-refractivity contribution is 9.10. The molecule has 1 aliphatic rings. The third-order valence-electron chi connectivity index (χ3n) is 4.21. The molecule has 1 aromatic carbocycles. The minimum absolute atomic E-state index is 0.00885. The van der Waals surface area contributed by atoms with Crippen LogP contribution in [0.1, 0.15) is 26.2 Å². The first-order valence-electron chi connectivity index (χ1n) is 7.50. The molecule has 22 heavy (non-hydrogen) atoms. The Bertz CT molecular complexity index is 772.